The third kappa shape index (κ3) is 3.53. The summed E-state index contributed by atoms with van der Waals surface area (Å²) in [5.41, 5.74) is 8.43. The highest BCUT2D eigenvalue weighted by Gasteiger charge is 2.34. The molecule has 4 nitrogen and oxygen atoms in total. The van der Waals surface area contributed by atoms with Gasteiger partial charge in [0, 0.05) is 18.7 Å². The van der Waals surface area contributed by atoms with E-state index < -0.39 is 6.10 Å². The maximum atomic E-state index is 13.0. The average molecular weight is 324 g/mol. The van der Waals surface area contributed by atoms with Gasteiger partial charge in [0.25, 0.3) is 5.91 Å². The average Bonchev–Trinajstić information content (AvgIpc) is 2.56. The van der Waals surface area contributed by atoms with E-state index in [1.165, 1.54) is 0 Å². The molecule has 0 aliphatic carbocycles. The number of amides is 1. The molecule has 4 heteroatoms. The monoisotopic (exact) mass is 324 g/mol. The Morgan fingerprint density at radius 3 is 2.62 bits per heavy atom. The lowest BCUT2D eigenvalue weighted by Gasteiger charge is -2.35. The molecule has 0 radical (unpaired) electrons. The summed E-state index contributed by atoms with van der Waals surface area (Å²) in [5, 5.41) is 0. The Labute approximate surface area is 143 Å². The van der Waals surface area contributed by atoms with Crippen molar-refractivity contribution in [1.29, 1.82) is 0 Å². The van der Waals surface area contributed by atoms with Crippen LogP contribution in [0.2, 0.25) is 0 Å². The summed E-state index contributed by atoms with van der Waals surface area (Å²) in [6.45, 7) is 5.00. The summed E-state index contributed by atoms with van der Waals surface area (Å²) in [6.07, 6.45) is 1.02. The van der Waals surface area contributed by atoms with Crippen LogP contribution in [0.5, 0.6) is 5.75 Å². The number of rotatable bonds is 5. The predicted octanol–water partition coefficient (Wildman–Crippen LogP) is 3.65. The zero-order valence-electron chi connectivity index (χ0n) is 14.2. The minimum Gasteiger partial charge on any atom is -0.478 e. The van der Waals surface area contributed by atoms with E-state index in [0.717, 1.165) is 23.4 Å². The van der Waals surface area contributed by atoms with Gasteiger partial charge in [-0.1, -0.05) is 44.2 Å². The van der Waals surface area contributed by atoms with Crippen molar-refractivity contribution in [2.75, 3.05) is 17.2 Å². The van der Waals surface area contributed by atoms with E-state index in [9.17, 15) is 4.79 Å². The Hall–Kier alpha value is -2.49. The molecule has 24 heavy (non-hydrogen) atoms. The number of carbonyl (C=O) groups excluding carboxylic acids is 1. The van der Waals surface area contributed by atoms with Gasteiger partial charge in [-0.2, -0.15) is 0 Å². The van der Waals surface area contributed by atoms with Crippen molar-refractivity contribution in [1.82, 2.24) is 0 Å². The van der Waals surface area contributed by atoms with Gasteiger partial charge in [-0.25, -0.2) is 0 Å². The molecule has 1 amide bonds. The molecule has 1 atom stereocenters. The number of fused-ring (bicyclic) bond motifs is 1. The normalized spacial score (nSPS) is 16.9. The van der Waals surface area contributed by atoms with Gasteiger partial charge in [0.15, 0.2) is 6.10 Å². The SMILES string of the molecule is CC(C)CCN1C(=O)C(Cc2ccccc2)Oc2ccc(N)cc21. The first-order chi connectivity index (χ1) is 11.5. The van der Waals surface area contributed by atoms with Crippen LogP contribution < -0.4 is 15.4 Å². The van der Waals surface area contributed by atoms with Crippen LogP contribution in [0.4, 0.5) is 11.4 Å². The van der Waals surface area contributed by atoms with E-state index in [2.05, 4.69) is 13.8 Å². The maximum absolute atomic E-state index is 13.0. The van der Waals surface area contributed by atoms with E-state index in [4.69, 9.17) is 10.5 Å². The molecule has 0 saturated heterocycles. The third-order valence-corrected chi connectivity index (χ3v) is 4.28. The molecule has 0 spiro atoms. The quantitative estimate of drug-likeness (QED) is 0.854. The first-order valence-electron chi connectivity index (χ1n) is 8.46. The van der Waals surface area contributed by atoms with Gasteiger partial charge in [0.1, 0.15) is 5.75 Å². The topological polar surface area (TPSA) is 55.6 Å². The number of benzene rings is 2. The number of ether oxygens (including phenoxy) is 1. The highest BCUT2D eigenvalue weighted by molar-refractivity contribution is 6.00. The standard InChI is InChI=1S/C20H24N2O2/c1-14(2)10-11-22-17-13-16(21)8-9-18(17)24-19(20(22)23)12-15-6-4-3-5-7-15/h3-9,13-14,19H,10-12,21H2,1-2H3. The number of nitrogen functional groups attached to an aromatic ring is 1. The van der Waals surface area contributed by atoms with Gasteiger partial charge < -0.3 is 15.4 Å². The molecular formula is C20H24N2O2. The second kappa shape index (κ2) is 6.95. The zero-order chi connectivity index (χ0) is 17.1. The van der Waals surface area contributed by atoms with Crippen LogP contribution in [0.25, 0.3) is 0 Å². The maximum Gasteiger partial charge on any atom is 0.268 e. The molecule has 3 rings (SSSR count). The fourth-order valence-electron chi connectivity index (χ4n) is 2.92. The molecular weight excluding hydrogens is 300 g/mol. The van der Waals surface area contributed by atoms with Crippen LogP contribution in [-0.4, -0.2) is 18.6 Å². The lowest BCUT2D eigenvalue weighted by molar-refractivity contribution is -0.126. The number of hydrogen-bond acceptors (Lipinski definition) is 3. The van der Waals surface area contributed by atoms with Crippen molar-refractivity contribution < 1.29 is 9.53 Å². The van der Waals surface area contributed by atoms with Crippen molar-refractivity contribution in [3.63, 3.8) is 0 Å². The molecule has 0 bridgehead atoms. The van der Waals surface area contributed by atoms with Crippen LogP contribution in [-0.2, 0) is 11.2 Å². The number of hydrogen-bond donors (Lipinski definition) is 1. The molecule has 0 saturated carbocycles. The van der Waals surface area contributed by atoms with Crippen LogP contribution >= 0.6 is 0 Å². The first kappa shape index (κ1) is 16.4. The summed E-state index contributed by atoms with van der Waals surface area (Å²) >= 11 is 0. The Kier molecular flexibility index (Phi) is 4.74. The second-order valence-corrected chi connectivity index (χ2v) is 6.70. The smallest absolute Gasteiger partial charge is 0.268 e. The van der Waals surface area contributed by atoms with E-state index in [0.29, 0.717) is 24.6 Å². The van der Waals surface area contributed by atoms with Crippen LogP contribution in [0.3, 0.4) is 0 Å². The Balaban J connectivity index is 1.88. The van der Waals surface area contributed by atoms with Gasteiger partial charge in [-0.15, -0.1) is 0 Å². The molecule has 126 valence electrons. The summed E-state index contributed by atoms with van der Waals surface area (Å²) in [5.74, 6) is 1.27. The van der Waals surface area contributed by atoms with E-state index >= 15 is 0 Å². The van der Waals surface area contributed by atoms with Crippen molar-refractivity contribution >= 4 is 17.3 Å². The molecule has 0 fully saturated rings. The highest BCUT2D eigenvalue weighted by Crippen LogP contribution is 2.36. The molecule has 1 aliphatic rings. The lowest BCUT2D eigenvalue weighted by atomic mass is 10.0. The van der Waals surface area contributed by atoms with Crippen molar-refractivity contribution in [2.24, 2.45) is 5.92 Å². The van der Waals surface area contributed by atoms with Crippen LogP contribution in [0.15, 0.2) is 48.5 Å². The summed E-state index contributed by atoms with van der Waals surface area (Å²) in [6, 6.07) is 15.5. The number of carbonyl (C=O) groups is 1. The molecule has 2 aromatic rings. The highest BCUT2D eigenvalue weighted by atomic mass is 16.5. The fourth-order valence-corrected chi connectivity index (χ4v) is 2.92. The minimum atomic E-state index is -0.490. The first-order valence-corrected chi connectivity index (χ1v) is 8.46. The Morgan fingerprint density at radius 2 is 1.92 bits per heavy atom. The van der Waals surface area contributed by atoms with Gasteiger partial charge in [0.2, 0.25) is 0 Å². The number of anilines is 2. The van der Waals surface area contributed by atoms with E-state index in [-0.39, 0.29) is 5.91 Å². The molecule has 1 unspecified atom stereocenters. The summed E-state index contributed by atoms with van der Waals surface area (Å²) in [7, 11) is 0. The van der Waals surface area contributed by atoms with Crippen molar-refractivity contribution in [3.05, 3.63) is 54.1 Å². The van der Waals surface area contributed by atoms with Gasteiger partial charge in [-0.05, 0) is 36.1 Å². The zero-order valence-corrected chi connectivity index (χ0v) is 14.2. The molecule has 1 heterocycles. The number of nitrogens with two attached hydrogens (primary N) is 1. The third-order valence-electron chi connectivity index (χ3n) is 4.28. The van der Waals surface area contributed by atoms with E-state index in [1.807, 2.05) is 53.4 Å². The Morgan fingerprint density at radius 1 is 1.17 bits per heavy atom. The molecule has 1 aliphatic heterocycles. The van der Waals surface area contributed by atoms with Crippen molar-refractivity contribution in [3.8, 4) is 5.75 Å². The number of nitrogens with zero attached hydrogens (tertiary/aromatic N) is 1. The minimum absolute atomic E-state index is 0.0117. The molecule has 0 aromatic heterocycles. The van der Waals surface area contributed by atoms with Crippen molar-refractivity contribution in [2.45, 2.75) is 32.8 Å². The van der Waals surface area contributed by atoms with Crippen LogP contribution in [0, 0.1) is 5.92 Å². The largest absolute Gasteiger partial charge is 0.478 e. The van der Waals surface area contributed by atoms with Gasteiger partial charge in [0.05, 0.1) is 5.69 Å². The second-order valence-electron chi connectivity index (χ2n) is 6.70. The predicted molar refractivity (Wildman–Crippen MR) is 97.2 cm³/mol. The lowest BCUT2D eigenvalue weighted by Crippen LogP contribution is -2.47. The molecule has 2 N–H and O–H groups in total. The van der Waals surface area contributed by atoms with Gasteiger partial charge >= 0.3 is 0 Å². The van der Waals surface area contributed by atoms with Gasteiger partial charge in [-0.3, -0.25) is 4.79 Å². The Bertz CT molecular complexity index is 713. The van der Waals surface area contributed by atoms with Crippen LogP contribution in [0.1, 0.15) is 25.8 Å². The summed E-state index contributed by atoms with van der Waals surface area (Å²) in [4.78, 5) is 14.8. The summed E-state index contributed by atoms with van der Waals surface area (Å²) < 4.78 is 5.99. The van der Waals surface area contributed by atoms with E-state index in [1.54, 1.807) is 0 Å². The fraction of sp³-hybridized carbons (Fsp3) is 0.350. The molecule has 2 aromatic carbocycles.